The lowest BCUT2D eigenvalue weighted by atomic mass is 10.1. The number of hydrogen-bond donors (Lipinski definition) is 3. The van der Waals surface area contributed by atoms with Gasteiger partial charge in [-0.15, -0.1) is 0 Å². The van der Waals surface area contributed by atoms with Crippen molar-refractivity contribution in [3.05, 3.63) is 65.7 Å². The van der Waals surface area contributed by atoms with Crippen LogP contribution < -0.4 is 21.3 Å². The molecule has 1 amide bonds. The Morgan fingerprint density at radius 3 is 2.78 bits per heavy atom. The fourth-order valence-corrected chi connectivity index (χ4v) is 3.26. The smallest absolute Gasteiger partial charge is 0.248 e. The molecule has 0 bridgehead atoms. The third-order valence-corrected chi connectivity index (χ3v) is 4.63. The lowest BCUT2D eigenvalue weighted by Gasteiger charge is -2.20. The van der Waals surface area contributed by atoms with Gasteiger partial charge in [-0.25, -0.2) is 4.99 Å². The van der Waals surface area contributed by atoms with Gasteiger partial charge in [0.25, 0.3) is 0 Å². The Morgan fingerprint density at radius 1 is 1.22 bits per heavy atom. The summed E-state index contributed by atoms with van der Waals surface area (Å²) in [6.45, 7) is 5.32. The van der Waals surface area contributed by atoms with Crippen LogP contribution in [0.3, 0.4) is 0 Å². The van der Waals surface area contributed by atoms with Crippen LogP contribution in [0.1, 0.15) is 29.3 Å². The predicted octanol–water partition coefficient (Wildman–Crippen LogP) is 2.12. The summed E-state index contributed by atoms with van der Waals surface area (Å²) in [6.07, 6.45) is 1.07. The summed E-state index contributed by atoms with van der Waals surface area (Å²) >= 11 is 0. The van der Waals surface area contributed by atoms with Gasteiger partial charge in [0, 0.05) is 36.9 Å². The van der Waals surface area contributed by atoms with E-state index in [9.17, 15) is 4.79 Å². The van der Waals surface area contributed by atoms with Crippen molar-refractivity contribution in [3.8, 4) is 0 Å². The van der Waals surface area contributed by atoms with E-state index in [1.807, 2.05) is 18.2 Å². The van der Waals surface area contributed by atoms with Crippen LogP contribution in [0.4, 0.5) is 5.69 Å². The molecule has 4 N–H and O–H groups in total. The first-order chi connectivity index (χ1) is 13.2. The van der Waals surface area contributed by atoms with E-state index in [1.54, 1.807) is 12.1 Å². The van der Waals surface area contributed by atoms with Crippen molar-refractivity contribution in [1.29, 1.82) is 0 Å². The van der Waals surface area contributed by atoms with Crippen molar-refractivity contribution in [1.82, 2.24) is 10.6 Å². The Morgan fingerprint density at radius 2 is 2.04 bits per heavy atom. The second-order valence-electron chi connectivity index (χ2n) is 6.67. The summed E-state index contributed by atoms with van der Waals surface area (Å²) in [4.78, 5) is 18.4. The fraction of sp³-hybridized carbons (Fsp3) is 0.333. The number of hydrogen-bond acceptors (Lipinski definition) is 3. The highest BCUT2D eigenvalue weighted by Crippen LogP contribution is 2.19. The molecule has 2 aromatic carbocycles. The van der Waals surface area contributed by atoms with Crippen LogP contribution in [0.25, 0.3) is 0 Å². The van der Waals surface area contributed by atoms with E-state index in [2.05, 4.69) is 51.7 Å². The number of rotatable bonds is 6. The quantitative estimate of drug-likeness (QED) is 0.541. The van der Waals surface area contributed by atoms with Crippen LogP contribution in [-0.2, 0) is 6.54 Å². The highest BCUT2D eigenvalue weighted by molar-refractivity contribution is 5.92. The summed E-state index contributed by atoms with van der Waals surface area (Å²) in [5, 5.41) is 6.83. The van der Waals surface area contributed by atoms with E-state index < -0.39 is 5.91 Å². The van der Waals surface area contributed by atoms with E-state index in [4.69, 9.17) is 5.73 Å². The zero-order valence-electron chi connectivity index (χ0n) is 15.7. The molecule has 0 aromatic heterocycles. The van der Waals surface area contributed by atoms with Crippen molar-refractivity contribution < 1.29 is 4.79 Å². The van der Waals surface area contributed by atoms with Crippen LogP contribution >= 0.6 is 0 Å². The van der Waals surface area contributed by atoms with E-state index in [0.717, 1.165) is 37.6 Å². The number of benzene rings is 2. The predicted molar refractivity (Wildman–Crippen MR) is 110 cm³/mol. The number of carbonyl (C=O) groups is 1. The second kappa shape index (κ2) is 9.07. The normalized spacial score (nSPS) is 17.0. The van der Waals surface area contributed by atoms with Crippen molar-refractivity contribution in [2.45, 2.75) is 25.9 Å². The van der Waals surface area contributed by atoms with E-state index >= 15 is 0 Å². The number of primary amides is 1. The average Bonchev–Trinajstić information content (AvgIpc) is 3.16. The molecule has 1 atom stereocenters. The second-order valence-corrected chi connectivity index (χ2v) is 6.67. The first-order valence-electron chi connectivity index (χ1n) is 9.39. The molecule has 0 saturated carbocycles. The number of carbonyl (C=O) groups excluding carboxylic acids is 1. The molecule has 2 aromatic rings. The van der Waals surface area contributed by atoms with E-state index in [-0.39, 0.29) is 0 Å². The van der Waals surface area contributed by atoms with Crippen LogP contribution in [0, 0.1) is 0 Å². The molecule has 0 spiro atoms. The fourth-order valence-electron chi connectivity index (χ4n) is 3.26. The Bertz CT molecular complexity index is 790. The molecule has 1 fully saturated rings. The van der Waals surface area contributed by atoms with Gasteiger partial charge in [-0.2, -0.15) is 0 Å². The van der Waals surface area contributed by atoms with E-state index in [0.29, 0.717) is 18.2 Å². The zero-order chi connectivity index (χ0) is 19.1. The number of amides is 1. The molecule has 6 heteroatoms. The van der Waals surface area contributed by atoms with Crippen molar-refractivity contribution >= 4 is 17.6 Å². The minimum absolute atomic E-state index is 0.347. The Balaban J connectivity index is 1.61. The monoisotopic (exact) mass is 365 g/mol. The van der Waals surface area contributed by atoms with Gasteiger partial charge in [-0.05, 0) is 43.2 Å². The van der Waals surface area contributed by atoms with Crippen molar-refractivity contribution in [3.63, 3.8) is 0 Å². The lowest BCUT2D eigenvalue weighted by molar-refractivity contribution is 0.1000. The maximum absolute atomic E-state index is 11.3. The Labute approximate surface area is 160 Å². The third kappa shape index (κ3) is 5.23. The molecule has 6 nitrogen and oxygen atoms in total. The number of anilines is 1. The first-order valence-corrected chi connectivity index (χ1v) is 9.39. The molecule has 0 radical (unpaired) electrons. The van der Waals surface area contributed by atoms with Gasteiger partial charge in [0.2, 0.25) is 5.91 Å². The molecule has 1 heterocycles. The van der Waals surface area contributed by atoms with Gasteiger partial charge in [0.05, 0.1) is 6.54 Å². The standard InChI is InChI=1S/C21H27N5O/c1-2-23-21(24-14-16-7-6-8-17(13-16)20(22)27)25-18-11-12-26(15-18)19-9-4-3-5-10-19/h3-10,13,18H,2,11-12,14-15H2,1H3,(H2,22,27)(H2,23,24,25). The lowest BCUT2D eigenvalue weighted by Crippen LogP contribution is -2.44. The Hall–Kier alpha value is -3.02. The van der Waals surface area contributed by atoms with Gasteiger partial charge in [0.1, 0.15) is 0 Å². The summed E-state index contributed by atoms with van der Waals surface area (Å²) < 4.78 is 0. The van der Waals surface area contributed by atoms with Crippen LogP contribution in [0.15, 0.2) is 59.6 Å². The summed E-state index contributed by atoms with van der Waals surface area (Å²) in [7, 11) is 0. The largest absolute Gasteiger partial charge is 0.369 e. The van der Waals surface area contributed by atoms with Crippen LogP contribution in [0.2, 0.25) is 0 Å². The number of nitrogens with one attached hydrogen (secondary N) is 2. The topological polar surface area (TPSA) is 82.7 Å². The maximum atomic E-state index is 11.3. The minimum Gasteiger partial charge on any atom is -0.369 e. The average molecular weight is 365 g/mol. The molecular weight excluding hydrogens is 338 g/mol. The highest BCUT2D eigenvalue weighted by atomic mass is 16.1. The van der Waals surface area contributed by atoms with Crippen LogP contribution in [0.5, 0.6) is 0 Å². The van der Waals surface area contributed by atoms with Gasteiger partial charge >= 0.3 is 0 Å². The maximum Gasteiger partial charge on any atom is 0.248 e. The number of para-hydroxylation sites is 1. The van der Waals surface area contributed by atoms with Crippen molar-refractivity contribution in [2.75, 3.05) is 24.5 Å². The SMILES string of the molecule is CCNC(=NCc1cccc(C(N)=O)c1)NC1CCN(c2ccccc2)C1. The molecule has 1 unspecified atom stereocenters. The van der Waals surface area contributed by atoms with Gasteiger partial charge in [-0.1, -0.05) is 30.3 Å². The number of nitrogens with two attached hydrogens (primary N) is 1. The molecule has 1 aliphatic rings. The number of aliphatic imine (C=N–C) groups is 1. The third-order valence-electron chi connectivity index (χ3n) is 4.63. The summed E-state index contributed by atoms with van der Waals surface area (Å²) in [5.74, 6) is 0.375. The Kier molecular flexibility index (Phi) is 6.30. The number of nitrogens with zero attached hydrogens (tertiary/aromatic N) is 2. The molecular formula is C21H27N5O. The molecule has 1 saturated heterocycles. The van der Waals surface area contributed by atoms with Crippen LogP contribution in [-0.4, -0.2) is 37.5 Å². The van der Waals surface area contributed by atoms with Crippen molar-refractivity contribution in [2.24, 2.45) is 10.7 Å². The molecule has 27 heavy (non-hydrogen) atoms. The highest BCUT2D eigenvalue weighted by Gasteiger charge is 2.23. The molecule has 0 aliphatic carbocycles. The van der Waals surface area contributed by atoms with E-state index in [1.165, 1.54) is 5.69 Å². The number of guanidine groups is 1. The summed E-state index contributed by atoms with van der Waals surface area (Å²) in [6, 6.07) is 18.1. The molecule has 3 rings (SSSR count). The minimum atomic E-state index is -0.419. The van der Waals surface area contributed by atoms with Gasteiger partial charge in [-0.3, -0.25) is 4.79 Å². The summed E-state index contributed by atoms with van der Waals surface area (Å²) in [5.41, 5.74) is 8.08. The zero-order valence-corrected chi connectivity index (χ0v) is 15.7. The first kappa shape index (κ1) is 18.8. The molecule has 1 aliphatic heterocycles. The molecule has 142 valence electrons. The van der Waals surface area contributed by atoms with Gasteiger partial charge < -0.3 is 21.3 Å². The van der Waals surface area contributed by atoms with Gasteiger partial charge in [0.15, 0.2) is 5.96 Å².